The molecule has 1 aliphatic rings. The molecular weight excluding hydrogens is 267 g/mol. The molecule has 4 heteroatoms. The van der Waals surface area contributed by atoms with Gasteiger partial charge in [-0.25, -0.2) is 0 Å². The largest absolute Gasteiger partial charge is 0.310 e. The fourth-order valence-corrected chi connectivity index (χ4v) is 2.78. The van der Waals surface area contributed by atoms with Gasteiger partial charge in [-0.15, -0.1) is 0 Å². The van der Waals surface area contributed by atoms with Crippen LogP contribution in [0.3, 0.4) is 0 Å². The monoisotopic (exact) mass is 286 g/mol. The summed E-state index contributed by atoms with van der Waals surface area (Å²) in [5.74, 6) is 0. The topological polar surface area (TPSA) is 15.3 Å². The Kier molecular flexibility index (Phi) is 5.31. The number of piperidine rings is 1. The van der Waals surface area contributed by atoms with Crippen LogP contribution >= 0.6 is 23.2 Å². The van der Waals surface area contributed by atoms with Crippen molar-refractivity contribution >= 4 is 23.2 Å². The van der Waals surface area contributed by atoms with E-state index < -0.39 is 0 Å². The van der Waals surface area contributed by atoms with Crippen molar-refractivity contribution in [3.05, 3.63) is 33.8 Å². The molecule has 1 fully saturated rings. The summed E-state index contributed by atoms with van der Waals surface area (Å²) >= 11 is 12.2. The maximum atomic E-state index is 6.18. The second-order valence-electron chi connectivity index (χ2n) is 4.80. The van der Waals surface area contributed by atoms with E-state index in [0.717, 1.165) is 18.7 Å². The van der Waals surface area contributed by atoms with Crippen LogP contribution in [-0.2, 0) is 6.54 Å². The third-order valence-corrected chi connectivity index (χ3v) is 4.51. The first-order chi connectivity index (χ1) is 8.70. The molecule has 0 atom stereocenters. The Morgan fingerprint density at radius 1 is 1.28 bits per heavy atom. The predicted molar refractivity (Wildman–Crippen MR) is 78.4 cm³/mol. The number of likely N-dealkylation sites (tertiary alicyclic amines) is 1. The zero-order chi connectivity index (χ0) is 13.0. The summed E-state index contributed by atoms with van der Waals surface area (Å²) in [5, 5.41) is 4.90. The van der Waals surface area contributed by atoms with Crippen LogP contribution in [0.25, 0.3) is 0 Å². The molecule has 1 saturated heterocycles. The van der Waals surface area contributed by atoms with Crippen LogP contribution in [0, 0.1) is 0 Å². The minimum atomic E-state index is 0.600. The standard InChI is InChI=1S/C14H20Cl2N2/c1-2-18-8-6-12(7-9-18)17-10-11-4-3-5-13(15)14(11)16/h3-5,12,17H,2,6-10H2,1H3. The number of hydrogen-bond acceptors (Lipinski definition) is 2. The van der Waals surface area contributed by atoms with Crippen molar-refractivity contribution in [3.63, 3.8) is 0 Å². The number of rotatable bonds is 4. The highest BCUT2D eigenvalue weighted by atomic mass is 35.5. The summed E-state index contributed by atoms with van der Waals surface area (Å²) in [7, 11) is 0. The van der Waals surface area contributed by atoms with Crippen molar-refractivity contribution in [1.82, 2.24) is 10.2 Å². The molecule has 0 saturated carbocycles. The van der Waals surface area contributed by atoms with E-state index in [-0.39, 0.29) is 0 Å². The van der Waals surface area contributed by atoms with Crippen molar-refractivity contribution in [2.75, 3.05) is 19.6 Å². The van der Waals surface area contributed by atoms with Crippen LogP contribution < -0.4 is 5.32 Å². The number of benzene rings is 1. The molecule has 1 N–H and O–H groups in total. The van der Waals surface area contributed by atoms with E-state index in [9.17, 15) is 0 Å². The van der Waals surface area contributed by atoms with Gasteiger partial charge in [-0.05, 0) is 44.1 Å². The third kappa shape index (κ3) is 3.61. The second kappa shape index (κ2) is 6.76. The Labute approximate surface area is 119 Å². The van der Waals surface area contributed by atoms with Gasteiger partial charge in [-0.2, -0.15) is 0 Å². The van der Waals surface area contributed by atoms with Crippen LogP contribution in [0.15, 0.2) is 18.2 Å². The van der Waals surface area contributed by atoms with Gasteiger partial charge in [0.05, 0.1) is 10.0 Å². The smallest absolute Gasteiger partial charge is 0.0637 e. The quantitative estimate of drug-likeness (QED) is 0.910. The maximum absolute atomic E-state index is 6.18. The molecule has 0 unspecified atom stereocenters. The Morgan fingerprint density at radius 2 is 2.00 bits per heavy atom. The lowest BCUT2D eigenvalue weighted by atomic mass is 10.0. The van der Waals surface area contributed by atoms with Gasteiger partial charge in [0, 0.05) is 12.6 Å². The molecule has 1 heterocycles. The van der Waals surface area contributed by atoms with Crippen molar-refractivity contribution in [2.24, 2.45) is 0 Å². The lowest BCUT2D eigenvalue weighted by Crippen LogP contribution is -2.42. The summed E-state index contributed by atoms with van der Waals surface area (Å²) in [4.78, 5) is 2.49. The molecule has 0 aromatic heterocycles. The van der Waals surface area contributed by atoms with Crippen LogP contribution in [0.5, 0.6) is 0 Å². The zero-order valence-corrected chi connectivity index (χ0v) is 12.3. The molecule has 0 radical (unpaired) electrons. The van der Waals surface area contributed by atoms with Gasteiger partial charge in [-0.1, -0.05) is 42.3 Å². The van der Waals surface area contributed by atoms with Crippen molar-refractivity contribution in [1.29, 1.82) is 0 Å². The van der Waals surface area contributed by atoms with Crippen LogP contribution in [0.2, 0.25) is 10.0 Å². The Bertz CT molecular complexity index is 387. The van der Waals surface area contributed by atoms with Crippen LogP contribution in [0.1, 0.15) is 25.3 Å². The molecule has 0 bridgehead atoms. The average molecular weight is 287 g/mol. The summed E-state index contributed by atoms with van der Waals surface area (Å²) < 4.78 is 0. The zero-order valence-electron chi connectivity index (χ0n) is 10.8. The lowest BCUT2D eigenvalue weighted by Gasteiger charge is -2.31. The van der Waals surface area contributed by atoms with Gasteiger partial charge in [-0.3, -0.25) is 0 Å². The first-order valence-corrected chi connectivity index (χ1v) is 7.35. The van der Waals surface area contributed by atoms with Gasteiger partial charge in [0.25, 0.3) is 0 Å². The van der Waals surface area contributed by atoms with E-state index in [1.165, 1.54) is 25.9 Å². The van der Waals surface area contributed by atoms with E-state index in [0.29, 0.717) is 16.1 Å². The maximum Gasteiger partial charge on any atom is 0.0637 e. The molecule has 18 heavy (non-hydrogen) atoms. The summed E-state index contributed by atoms with van der Waals surface area (Å²) in [6, 6.07) is 6.41. The van der Waals surface area contributed by atoms with Gasteiger partial charge in [0.2, 0.25) is 0 Å². The summed E-state index contributed by atoms with van der Waals surface area (Å²) in [6.45, 7) is 6.57. The van der Waals surface area contributed by atoms with Crippen molar-refractivity contribution in [3.8, 4) is 0 Å². The van der Waals surface area contributed by atoms with Gasteiger partial charge >= 0.3 is 0 Å². The lowest BCUT2D eigenvalue weighted by molar-refractivity contribution is 0.206. The number of nitrogens with one attached hydrogen (secondary N) is 1. The van der Waals surface area contributed by atoms with Gasteiger partial charge in [0.15, 0.2) is 0 Å². The number of nitrogens with zero attached hydrogens (tertiary/aromatic N) is 1. The Hall–Kier alpha value is -0.280. The molecule has 0 amide bonds. The second-order valence-corrected chi connectivity index (χ2v) is 5.59. The first-order valence-electron chi connectivity index (χ1n) is 6.59. The van der Waals surface area contributed by atoms with E-state index in [1.54, 1.807) is 0 Å². The molecule has 1 aromatic rings. The molecule has 1 aliphatic heterocycles. The van der Waals surface area contributed by atoms with E-state index >= 15 is 0 Å². The minimum absolute atomic E-state index is 0.600. The summed E-state index contributed by atoms with van der Waals surface area (Å²) in [5.41, 5.74) is 1.09. The normalized spacial score (nSPS) is 18.2. The molecular formula is C14H20Cl2N2. The third-order valence-electron chi connectivity index (χ3n) is 3.65. The fraction of sp³-hybridized carbons (Fsp3) is 0.571. The minimum Gasteiger partial charge on any atom is -0.310 e. The SMILES string of the molecule is CCN1CCC(NCc2cccc(Cl)c2Cl)CC1. The number of hydrogen-bond donors (Lipinski definition) is 1. The molecule has 1 aromatic carbocycles. The highest BCUT2D eigenvalue weighted by molar-refractivity contribution is 6.42. The van der Waals surface area contributed by atoms with E-state index in [1.807, 2.05) is 18.2 Å². The Balaban J connectivity index is 1.83. The Morgan fingerprint density at radius 3 is 2.67 bits per heavy atom. The van der Waals surface area contributed by atoms with E-state index in [2.05, 4.69) is 17.1 Å². The molecule has 2 nitrogen and oxygen atoms in total. The predicted octanol–water partition coefficient (Wildman–Crippen LogP) is 3.57. The highest BCUT2D eigenvalue weighted by Gasteiger charge is 2.17. The number of halogens is 2. The van der Waals surface area contributed by atoms with Gasteiger partial charge in [0.1, 0.15) is 0 Å². The van der Waals surface area contributed by atoms with Gasteiger partial charge < -0.3 is 10.2 Å². The van der Waals surface area contributed by atoms with Crippen molar-refractivity contribution < 1.29 is 0 Å². The van der Waals surface area contributed by atoms with Crippen molar-refractivity contribution in [2.45, 2.75) is 32.4 Å². The fourth-order valence-electron chi connectivity index (χ4n) is 2.39. The molecule has 100 valence electrons. The molecule has 0 spiro atoms. The van der Waals surface area contributed by atoms with E-state index in [4.69, 9.17) is 23.2 Å². The van der Waals surface area contributed by atoms with Crippen LogP contribution in [-0.4, -0.2) is 30.6 Å². The summed E-state index contributed by atoms with van der Waals surface area (Å²) in [6.07, 6.45) is 2.43. The molecule has 0 aliphatic carbocycles. The molecule has 2 rings (SSSR count). The average Bonchev–Trinajstić information content (AvgIpc) is 2.41. The highest BCUT2D eigenvalue weighted by Crippen LogP contribution is 2.25. The first kappa shape index (κ1) is 14.1. The van der Waals surface area contributed by atoms with Crippen LogP contribution in [0.4, 0.5) is 0 Å².